The van der Waals surface area contributed by atoms with Crippen molar-refractivity contribution in [2.45, 2.75) is 6.92 Å². The largest absolute Gasteiger partial charge is 0.451 e. The van der Waals surface area contributed by atoms with Crippen molar-refractivity contribution in [3.63, 3.8) is 0 Å². The summed E-state index contributed by atoms with van der Waals surface area (Å²) in [5, 5.41) is 4.05. The minimum absolute atomic E-state index is 0.231. The highest BCUT2D eigenvalue weighted by atomic mass is 35.5. The SMILES string of the molecule is Cc1c(Cl)cccc1NC(=O)c1ccc(-c2ccc(Cl)cc2)o1. The average molecular weight is 346 g/mol. The highest BCUT2D eigenvalue weighted by Gasteiger charge is 2.14. The number of hydrogen-bond donors (Lipinski definition) is 1. The molecule has 3 aromatic rings. The van der Waals surface area contributed by atoms with Crippen molar-refractivity contribution in [3.8, 4) is 11.3 Å². The minimum Gasteiger partial charge on any atom is -0.451 e. The number of benzene rings is 2. The van der Waals surface area contributed by atoms with Crippen molar-refractivity contribution in [2.24, 2.45) is 0 Å². The Morgan fingerprint density at radius 3 is 2.48 bits per heavy atom. The van der Waals surface area contributed by atoms with Gasteiger partial charge in [0.05, 0.1) is 0 Å². The molecule has 0 bridgehead atoms. The van der Waals surface area contributed by atoms with E-state index in [4.69, 9.17) is 27.6 Å². The van der Waals surface area contributed by atoms with Crippen LogP contribution in [0, 0.1) is 6.92 Å². The fourth-order valence-corrected chi connectivity index (χ4v) is 2.46. The van der Waals surface area contributed by atoms with E-state index in [2.05, 4.69) is 5.32 Å². The van der Waals surface area contributed by atoms with Gasteiger partial charge in [0.1, 0.15) is 5.76 Å². The number of hydrogen-bond acceptors (Lipinski definition) is 2. The van der Waals surface area contributed by atoms with Crippen LogP contribution in [0.25, 0.3) is 11.3 Å². The first-order valence-electron chi connectivity index (χ1n) is 6.97. The first kappa shape index (κ1) is 15.7. The van der Waals surface area contributed by atoms with Gasteiger partial charge in [-0.2, -0.15) is 0 Å². The zero-order valence-electron chi connectivity index (χ0n) is 12.3. The Labute approximate surface area is 143 Å². The van der Waals surface area contributed by atoms with E-state index in [9.17, 15) is 4.79 Å². The quantitative estimate of drug-likeness (QED) is 0.650. The summed E-state index contributed by atoms with van der Waals surface area (Å²) in [7, 11) is 0. The van der Waals surface area contributed by atoms with Gasteiger partial charge in [0.2, 0.25) is 0 Å². The van der Waals surface area contributed by atoms with E-state index >= 15 is 0 Å². The Bertz CT molecular complexity index is 854. The molecular formula is C18H13Cl2NO2. The lowest BCUT2D eigenvalue weighted by Gasteiger charge is -2.08. The Hall–Kier alpha value is -2.23. The minimum atomic E-state index is -0.324. The van der Waals surface area contributed by atoms with Crippen LogP contribution in [0.2, 0.25) is 10.0 Å². The number of carbonyl (C=O) groups excluding carboxylic acids is 1. The van der Waals surface area contributed by atoms with Gasteiger partial charge in [-0.1, -0.05) is 29.3 Å². The van der Waals surface area contributed by atoms with Crippen LogP contribution in [0.3, 0.4) is 0 Å². The second-order valence-electron chi connectivity index (χ2n) is 5.04. The topological polar surface area (TPSA) is 42.2 Å². The predicted molar refractivity (Wildman–Crippen MR) is 93.3 cm³/mol. The number of carbonyl (C=O) groups is 1. The number of nitrogens with one attached hydrogen (secondary N) is 1. The smallest absolute Gasteiger partial charge is 0.291 e. The van der Waals surface area contributed by atoms with E-state index in [-0.39, 0.29) is 11.7 Å². The van der Waals surface area contributed by atoms with Gasteiger partial charge in [-0.05, 0) is 61.0 Å². The van der Waals surface area contributed by atoms with Crippen molar-refractivity contribution < 1.29 is 9.21 Å². The molecule has 0 atom stereocenters. The van der Waals surface area contributed by atoms with Gasteiger partial charge in [0.25, 0.3) is 5.91 Å². The van der Waals surface area contributed by atoms with E-state index in [0.717, 1.165) is 11.1 Å². The summed E-state index contributed by atoms with van der Waals surface area (Å²) in [5.41, 5.74) is 2.33. The van der Waals surface area contributed by atoms with Gasteiger partial charge in [-0.3, -0.25) is 4.79 Å². The maximum atomic E-state index is 12.3. The normalized spacial score (nSPS) is 10.6. The van der Waals surface area contributed by atoms with E-state index < -0.39 is 0 Å². The molecule has 0 unspecified atom stereocenters. The fourth-order valence-electron chi connectivity index (χ4n) is 2.16. The second kappa shape index (κ2) is 6.49. The summed E-state index contributed by atoms with van der Waals surface area (Å²) in [4.78, 5) is 12.3. The van der Waals surface area contributed by atoms with Gasteiger partial charge in [0.15, 0.2) is 5.76 Å². The maximum absolute atomic E-state index is 12.3. The molecule has 0 aliphatic carbocycles. The first-order valence-corrected chi connectivity index (χ1v) is 7.72. The molecule has 3 nitrogen and oxygen atoms in total. The van der Waals surface area contributed by atoms with Gasteiger partial charge in [0, 0.05) is 21.3 Å². The molecule has 2 aromatic carbocycles. The van der Waals surface area contributed by atoms with Crippen LogP contribution < -0.4 is 5.32 Å². The molecule has 5 heteroatoms. The summed E-state index contributed by atoms with van der Waals surface area (Å²) in [6.07, 6.45) is 0. The fraction of sp³-hybridized carbons (Fsp3) is 0.0556. The molecule has 3 rings (SSSR count). The molecule has 0 spiro atoms. The lowest BCUT2D eigenvalue weighted by molar-refractivity contribution is 0.0997. The van der Waals surface area contributed by atoms with Crippen molar-refractivity contribution >= 4 is 34.8 Å². The third-order valence-corrected chi connectivity index (χ3v) is 4.14. The molecule has 1 amide bonds. The van der Waals surface area contributed by atoms with Crippen molar-refractivity contribution in [3.05, 3.63) is 76.0 Å². The zero-order chi connectivity index (χ0) is 16.4. The Morgan fingerprint density at radius 1 is 1.00 bits per heavy atom. The molecule has 116 valence electrons. The summed E-state index contributed by atoms with van der Waals surface area (Å²) >= 11 is 11.9. The molecule has 0 saturated carbocycles. The molecule has 0 radical (unpaired) electrons. The predicted octanol–water partition coefficient (Wildman–Crippen LogP) is 5.81. The summed E-state index contributed by atoms with van der Waals surface area (Å²) in [5.74, 6) is 0.513. The van der Waals surface area contributed by atoms with Crippen LogP contribution in [-0.4, -0.2) is 5.91 Å². The molecule has 0 saturated heterocycles. The standard InChI is InChI=1S/C18H13Cl2NO2/c1-11-14(20)3-2-4-15(11)21-18(22)17-10-9-16(23-17)12-5-7-13(19)8-6-12/h2-10H,1H3,(H,21,22). The van der Waals surface area contributed by atoms with Crippen LogP contribution in [0.1, 0.15) is 16.1 Å². The van der Waals surface area contributed by atoms with Crippen molar-refractivity contribution in [1.29, 1.82) is 0 Å². The van der Waals surface area contributed by atoms with Crippen molar-refractivity contribution in [2.75, 3.05) is 5.32 Å². The van der Waals surface area contributed by atoms with E-state index in [1.807, 2.05) is 19.1 Å². The molecule has 23 heavy (non-hydrogen) atoms. The van der Waals surface area contributed by atoms with Gasteiger partial charge >= 0.3 is 0 Å². The van der Waals surface area contributed by atoms with E-state index in [0.29, 0.717) is 21.5 Å². The summed E-state index contributed by atoms with van der Waals surface area (Å²) in [6.45, 7) is 1.85. The molecule has 1 aromatic heterocycles. The molecule has 0 fully saturated rings. The van der Waals surface area contributed by atoms with Crippen LogP contribution in [0.4, 0.5) is 5.69 Å². The molecule has 1 heterocycles. The molecular weight excluding hydrogens is 333 g/mol. The van der Waals surface area contributed by atoms with Crippen LogP contribution in [-0.2, 0) is 0 Å². The van der Waals surface area contributed by atoms with E-state index in [1.165, 1.54) is 0 Å². The van der Waals surface area contributed by atoms with Gasteiger partial charge in [-0.25, -0.2) is 0 Å². The third-order valence-electron chi connectivity index (χ3n) is 3.47. The number of halogens is 2. The van der Waals surface area contributed by atoms with Crippen LogP contribution in [0.15, 0.2) is 59.0 Å². The Kier molecular flexibility index (Phi) is 4.42. The Morgan fingerprint density at radius 2 is 1.74 bits per heavy atom. The molecule has 0 aliphatic rings. The molecule has 1 N–H and O–H groups in total. The van der Waals surface area contributed by atoms with Crippen LogP contribution >= 0.6 is 23.2 Å². The highest BCUT2D eigenvalue weighted by molar-refractivity contribution is 6.31. The number of rotatable bonds is 3. The van der Waals surface area contributed by atoms with Crippen molar-refractivity contribution in [1.82, 2.24) is 0 Å². The monoisotopic (exact) mass is 345 g/mol. The maximum Gasteiger partial charge on any atom is 0.291 e. The summed E-state index contributed by atoms with van der Waals surface area (Å²) < 4.78 is 5.63. The third kappa shape index (κ3) is 3.41. The second-order valence-corrected chi connectivity index (χ2v) is 5.88. The summed E-state index contributed by atoms with van der Waals surface area (Å²) in [6, 6.07) is 16.0. The molecule has 0 aliphatic heterocycles. The first-order chi connectivity index (χ1) is 11.0. The van der Waals surface area contributed by atoms with Gasteiger partial charge in [-0.15, -0.1) is 0 Å². The number of furan rings is 1. The highest BCUT2D eigenvalue weighted by Crippen LogP contribution is 2.26. The number of amides is 1. The van der Waals surface area contributed by atoms with Crippen LogP contribution in [0.5, 0.6) is 0 Å². The van der Waals surface area contributed by atoms with E-state index in [1.54, 1.807) is 42.5 Å². The van der Waals surface area contributed by atoms with Gasteiger partial charge < -0.3 is 9.73 Å². The lowest BCUT2D eigenvalue weighted by Crippen LogP contribution is -2.11. The zero-order valence-corrected chi connectivity index (χ0v) is 13.8. The average Bonchev–Trinajstić information content (AvgIpc) is 3.02. The number of anilines is 1. The lowest BCUT2D eigenvalue weighted by atomic mass is 10.2. The Balaban J connectivity index is 1.81.